The molecule has 2 N–H and O–H groups in total. The number of carbonyl (C=O) groups excluding carboxylic acids is 1. The maximum atomic E-state index is 13.2. The van der Waals surface area contributed by atoms with E-state index in [-0.39, 0.29) is 23.6 Å². The molecular formula is C22H17N5O3S. The number of nitrogens with two attached hydrogens (primary N) is 1. The first-order valence-electron chi connectivity index (χ1n) is 9.41. The van der Waals surface area contributed by atoms with Crippen molar-refractivity contribution in [2.45, 2.75) is 12.8 Å². The highest BCUT2D eigenvalue weighted by atomic mass is 32.1. The number of rotatable bonds is 4. The molecule has 0 aromatic carbocycles. The van der Waals surface area contributed by atoms with Crippen LogP contribution in [0.25, 0.3) is 17.5 Å². The van der Waals surface area contributed by atoms with Crippen molar-refractivity contribution >= 4 is 34.8 Å². The Morgan fingerprint density at radius 2 is 1.90 bits per heavy atom. The number of nitrogens with zero attached hydrogens (tertiary/aromatic N) is 4. The summed E-state index contributed by atoms with van der Waals surface area (Å²) in [7, 11) is 0. The van der Waals surface area contributed by atoms with Gasteiger partial charge in [0.05, 0.1) is 34.3 Å². The zero-order chi connectivity index (χ0) is 22.0. The molecule has 0 saturated heterocycles. The van der Waals surface area contributed by atoms with Gasteiger partial charge in [0, 0.05) is 24.8 Å². The average molecular weight is 431 g/mol. The molecule has 0 saturated carbocycles. The Kier molecular flexibility index (Phi) is 5.47. The molecule has 4 rings (SSSR count). The van der Waals surface area contributed by atoms with Crippen LogP contribution >= 0.6 is 11.3 Å². The van der Waals surface area contributed by atoms with E-state index in [2.05, 4.69) is 16.0 Å². The number of pyridine rings is 2. The van der Waals surface area contributed by atoms with Gasteiger partial charge in [-0.2, -0.15) is 5.26 Å². The summed E-state index contributed by atoms with van der Waals surface area (Å²) in [4.78, 5) is 34.2. The van der Waals surface area contributed by atoms with Crippen LogP contribution in [0.1, 0.15) is 24.0 Å². The van der Waals surface area contributed by atoms with E-state index in [9.17, 15) is 14.9 Å². The lowest BCUT2D eigenvalue weighted by Gasteiger charge is -2.24. The van der Waals surface area contributed by atoms with Gasteiger partial charge in [-0.1, -0.05) is 0 Å². The van der Waals surface area contributed by atoms with Crippen LogP contribution in [0.5, 0.6) is 0 Å². The van der Waals surface area contributed by atoms with Gasteiger partial charge >= 0.3 is 5.97 Å². The second-order valence-electron chi connectivity index (χ2n) is 6.60. The van der Waals surface area contributed by atoms with Crippen LogP contribution in [-0.4, -0.2) is 27.1 Å². The Bertz CT molecular complexity index is 1400. The topological polar surface area (TPSA) is 124 Å². The summed E-state index contributed by atoms with van der Waals surface area (Å²) in [5.41, 5.74) is 7.63. The van der Waals surface area contributed by atoms with Crippen molar-refractivity contribution in [3.05, 3.63) is 85.3 Å². The van der Waals surface area contributed by atoms with Crippen molar-refractivity contribution in [1.29, 1.82) is 5.26 Å². The number of carbonyl (C=O) groups is 1. The number of hydrogen-bond acceptors (Lipinski definition) is 8. The van der Waals surface area contributed by atoms with Crippen molar-refractivity contribution in [2.24, 2.45) is 5.73 Å². The summed E-state index contributed by atoms with van der Waals surface area (Å²) in [6.07, 6.45) is 8.08. The Hall–Kier alpha value is -4.03. The van der Waals surface area contributed by atoms with Crippen LogP contribution in [-0.2, 0) is 9.53 Å². The molecule has 3 aromatic heterocycles. The van der Waals surface area contributed by atoms with Crippen LogP contribution in [0.15, 0.2) is 59.4 Å². The van der Waals surface area contributed by atoms with Crippen molar-refractivity contribution in [3.8, 4) is 6.07 Å². The third-order valence-corrected chi connectivity index (χ3v) is 5.92. The lowest BCUT2D eigenvalue weighted by molar-refractivity contribution is -0.136. The molecule has 1 aliphatic rings. The Balaban J connectivity index is 2.10. The first-order valence-corrected chi connectivity index (χ1v) is 10.2. The number of ether oxygens (including phenoxy) is 1. The molecule has 31 heavy (non-hydrogen) atoms. The summed E-state index contributed by atoms with van der Waals surface area (Å²) in [6.45, 7) is 1.85. The second kappa shape index (κ2) is 8.38. The molecule has 0 unspecified atom stereocenters. The van der Waals surface area contributed by atoms with E-state index in [0.717, 1.165) is 16.9 Å². The predicted molar refractivity (Wildman–Crippen MR) is 116 cm³/mol. The summed E-state index contributed by atoms with van der Waals surface area (Å²) >= 11 is 1.13. The van der Waals surface area contributed by atoms with Crippen LogP contribution in [0.2, 0.25) is 0 Å². The number of allylic oxidation sites excluding steroid dienone is 1. The SMILES string of the molecule is CCOC(=O)C1=c2s/c(=C/c3ccncc3)c(=O)n2C(N)=C(C#N)[C@@H]1c1ccncc1. The number of esters is 1. The molecule has 0 fully saturated rings. The average Bonchev–Trinajstić information content (AvgIpc) is 3.11. The van der Waals surface area contributed by atoms with Gasteiger partial charge in [0.1, 0.15) is 10.5 Å². The van der Waals surface area contributed by atoms with Gasteiger partial charge in [0.2, 0.25) is 0 Å². The number of fused-ring (bicyclic) bond motifs is 1. The molecule has 3 aromatic rings. The highest BCUT2D eigenvalue weighted by Crippen LogP contribution is 2.36. The molecule has 0 bridgehead atoms. The molecule has 154 valence electrons. The first kappa shape index (κ1) is 20.3. The monoisotopic (exact) mass is 431 g/mol. The quantitative estimate of drug-likeness (QED) is 0.603. The molecule has 8 nitrogen and oxygen atoms in total. The molecular weight excluding hydrogens is 414 g/mol. The smallest absolute Gasteiger partial charge is 0.338 e. The maximum Gasteiger partial charge on any atom is 0.338 e. The van der Waals surface area contributed by atoms with E-state index in [4.69, 9.17) is 10.5 Å². The highest BCUT2D eigenvalue weighted by Gasteiger charge is 2.36. The van der Waals surface area contributed by atoms with Crippen molar-refractivity contribution in [2.75, 3.05) is 6.61 Å². The van der Waals surface area contributed by atoms with Crippen LogP contribution in [0.4, 0.5) is 0 Å². The normalized spacial score (nSPS) is 16.1. The number of hydrogen-bond donors (Lipinski definition) is 1. The van der Waals surface area contributed by atoms with E-state index >= 15 is 0 Å². The zero-order valence-corrected chi connectivity index (χ0v) is 17.3. The summed E-state index contributed by atoms with van der Waals surface area (Å²) in [5, 5.41) is 9.89. The summed E-state index contributed by atoms with van der Waals surface area (Å²) in [6, 6.07) is 9.03. The molecule has 0 aliphatic carbocycles. The number of aromatic nitrogens is 3. The van der Waals surface area contributed by atoms with Crippen molar-refractivity contribution < 1.29 is 9.53 Å². The van der Waals surface area contributed by atoms with E-state index in [1.807, 2.05) is 0 Å². The predicted octanol–water partition coefficient (Wildman–Crippen LogP) is 0.691. The highest BCUT2D eigenvalue weighted by molar-refractivity contribution is 7.07. The van der Waals surface area contributed by atoms with Gasteiger partial charge in [0.25, 0.3) is 5.56 Å². The first-order chi connectivity index (χ1) is 15.1. The van der Waals surface area contributed by atoms with Crippen LogP contribution < -0.4 is 20.5 Å². The van der Waals surface area contributed by atoms with Gasteiger partial charge < -0.3 is 10.5 Å². The van der Waals surface area contributed by atoms with E-state index in [1.165, 1.54) is 4.57 Å². The van der Waals surface area contributed by atoms with Crippen molar-refractivity contribution in [3.63, 3.8) is 0 Å². The van der Waals surface area contributed by atoms with Crippen LogP contribution in [0.3, 0.4) is 0 Å². The maximum absolute atomic E-state index is 13.2. The van der Waals surface area contributed by atoms with Gasteiger partial charge in [-0.25, -0.2) is 4.79 Å². The minimum Gasteiger partial charge on any atom is -0.463 e. The minimum atomic E-state index is -0.765. The van der Waals surface area contributed by atoms with E-state index in [1.54, 1.807) is 62.1 Å². The number of nitriles is 1. The Morgan fingerprint density at radius 3 is 2.52 bits per heavy atom. The van der Waals surface area contributed by atoms with Gasteiger partial charge in [-0.15, -0.1) is 11.3 Å². The minimum absolute atomic E-state index is 0.00277. The lowest BCUT2D eigenvalue weighted by Crippen LogP contribution is -2.40. The molecule has 4 heterocycles. The van der Waals surface area contributed by atoms with E-state index in [0.29, 0.717) is 14.8 Å². The van der Waals surface area contributed by atoms with Gasteiger partial charge in [-0.3, -0.25) is 19.3 Å². The van der Waals surface area contributed by atoms with Crippen molar-refractivity contribution in [1.82, 2.24) is 14.5 Å². The fraction of sp³-hybridized carbons (Fsp3) is 0.136. The van der Waals surface area contributed by atoms with Gasteiger partial charge in [0.15, 0.2) is 0 Å². The standard InChI is InChI=1S/C22H17N5O3S/c1-2-30-22(29)18-17(14-5-9-26-10-6-14)15(12-23)19(24)27-20(28)16(31-21(18)27)11-13-3-7-25-8-4-13/h3-11,17H,2,24H2,1H3/b16-11+/t17-/m0/s1. The largest absolute Gasteiger partial charge is 0.463 e. The summed E-state index contributed by atoms with van der Waals surface area (Å²) in [5.74, 6) is -1.36. The molecule has 1 atom stereocenters. The molecule has 0 amide bonds. The Morgan fingerprint density at radius 1 is 1.26 bits per heavy atom. The van der Waals surface area contributed by atoms with Crippen LogP contribution in [0, 0.1) is 11.3 Å². The fourth-order valence-electron chi connectivity index (χ4n) is 3.45. The molecule has 1 aliphatic heterocycles. The Labute approximate surface area is 180 Å². The van der Waals surface area contributed by atoms with E-state index < -0.39 is 17.4 Å². The third kappa shape index (κ3) is 3.53. The summed E-state index contributed by atoms with van der Waals surface area (Å²) < 4.78 is 7.24. The fourth-order valence-corrected chi connectivity index (χ4v) is 4.62. The van der Waals surface area contributed by atoms with Gasteiger partial charge in [-0.05, 0) is 48.4 Å². The number of thiazole rings is 1. The third-order valence-electron chi connectivity index (χ3n) is 4.81. The molecule has 0 radical (unpaired) electrons. The molecule has 0 spiro atoms. The zero-order valence-electron chi connectivity index (χ0n) is 16.5. The lowest BCUT2D eigenvalue weighted by atomic mass is 9.84. The molecule has 9 heteroatoms. The second-order valence-corrected chi connectivity index (χ2v) is 7.63.